The van der Waals surface area contributed by atoms with Crippen molar-refractivity contribution in [1.29, 1.82) is 10.5 Å². The van der Waals surface area contributed by atoms with Crippen molar-refractivity contribution in [2.75, 3.05) is 0 Å². The number of aromatic nitrogens is 5. The van der Waals surface area contributed by atoms with Gasteiger partial charge in [0.25, 0.3) is 0 Å². The lowest BCUT2D eigenvalue weighted by Crippen LogP contribution is -2.08. The second-order valence-corrected chi connectivity index (χ2v) is 18.6. The Bertz CT molecular complexity index is 4480. The Kier molecular flexibility index (Phi) is 10.9. The zero-order valence-corrected chi connectivity index (χ0v) is 40.2. The molecule has 0 aliphatic rings. The number of rotatable bonds is 8. The summed E-state index contributed by atoms with van der Waals surface area (Å²) < 4.78 is 50.0. The molecule has 0 aliphatic heterocycles. The number of hydrogen-bond donors (Lipinski definition) is 0. The molecular formula is C66H38F3N7. The number of nitrogens with zero attached hydrogens (tertiary/aromatic N) is 7. The van der Waals surface area contributed by atoms with Gasteiger partial charge < -0.3 is 9.13 Å². The molecule has 3 aromatic heterocycles. The van der Waals surface area contributed by atoms with E-state index in [-0.39, 0.29) is 0 Å². The van der Waals surface area contributed by atoms with Crippen molar-refractivity contribution in [3.8, 4) is 91.1 Å². The molecule has 0 aliphatic carbocycles. The highest BCUT2D eigenvalue weighted by atomic mass is 19.4. The number of halogens is 3. The molecule has 0 bridgehead atoms. The number of nitriles is 2. The maximum atomic E-state index is 15.3. The highest BCUT2D eigenvalue weighted by molar-refractivity contribution is 6.13. The van der Waals surface area contributed by atoms with E-state index in [2.05, 4.69) is 41.0 Å². The third-order valence-electron chi connectivity index (χ3n) is 14.0. The molecule has 0 radical (unpaired) electrons. The van der Waals surface area contributed by atoms with E-state index in [1.54, 1.807) is 18.2 Å². The Hall–Kier alpha value is -10.4. The van der Waals surface area contributed by atoms with Crippen LogP contribution in [0.25, 0.3) is 123 Å². The molecule has 3 heterocycles. The zero-order valence-electron chi connectivity index (χ0n) is 40.2. The molecule has 13 rings (SSSR count). The molecule has 76 heavy (non-hydrogen) atoms. The van der Waals surface area contributed by atoms with Gasteiger partial charge in [0.2, 0.25) is 0 Å². The molecule has 0 N–H and O–H groups in total. The van der Waals surface area contributed by atoms with E-state index in [0.29, 0.717) is 67.7 Å². The summed E-state index contributed by atoms with van der Waals surface area (Å²) in [7, 11) is 0. The van der Waals surface area contributed by atoms with Crippen LogP contribution in [0.3, 0.4) is 0 Å². The fraction of sp³-hybridized carbons (Fsp3) is 0.0152. The lowest BCUT2D eigenvalue weighted by atomic mass is 9.96. The first-order chi connectivity index (χ1) is 37.2. The third-order valence-corrected chi connectivity index (χ3v) is 14.0. The molecule has 0 atom stereocenters. The Morgan fingerprint density at radius 2 is 0.763 bits per heavy atom. The predicted molar refractivity (Wildman–Crippen MR) is 296 cm³/mol. The SMILES string of the molecule is N#Cc1cccc(-c2ccc3c(c2)c2ccccc2n3-c2ccc(-c3nc(-c4ccccc4)nc(-c4ccccc4)n3)cc2-c2ccc(C(F)(F)F)cc2-n2c3ccccc3c3cc(-c4cccc(C#N)c4)ccc32)c1. The lowest BCUT2D eigenvalue weighted by Gasteiger charge is -2.21. The fourth-order valence-electron chi connectivity index (χ4n) is 10.5. The summed E-state index contributed by atoms with van der Waals surface area (Å²) in [6.07, 6.45) is -4.68. The topological polar surface area (TPSA) is 96.1 Å². The van der Waals surface area contributed by atoms with Gasteiger partial charge in [-0.2, -0.15) is 23.7 Å². The summed E-state index contributed by atoms with van der Waals surface area (Å²) in [6.45, 7) is 0. The first kappa shape index (κ1) is 45.4. The second-order valence-electron chi connectivity index (χ2n) is 18.6. The van der Waals surface area contributed by atoms with Crippen LogP contribution in [-0.4, -0.2) is 24.1 Å². The van der Waals surface area contributed by atoms with Crippen LogP contribution in [-0.2, 0) is 6.18 Å². The minimum Gasteiger partial charge on any atom is -0.309 e. The van der Waals surface area contributed by atoms with Crippen LogP contribution in [0.15, 0.2) is 231 Å². The second kappa shape index (κ2) is 18.3. The number of benzene rings is 10. The minimum absolute atomic E-state index is 0.310. The largest absolute Gasteiger partial charge is 0.416 e. The Morgan fingerprint density at radius 1 is 0.329 bits per heavy atom. The number of alkyl halides is 3. The van der Waals surface area contributed by atoms with Crippen LogP contribution < -0.4 is 0 Å². The quantitative estimate of drug-likeness (QED) is 0.151. The van der Waals surface area contributed by atoms with Gasteiger partial charge in [-0.3, -0.25) is 0 Å². The van der Waals surface area contributed by atoms with Crippen molar-refractivity contribution < 1.29 is 13.2 Å². The van der Waals surface area contributed by atoms with Gasteiger partial charge in [0.15, 0.2) is 17.5 Å². The summed E-state index contributed by atoms with van der Waals surface area (Å²) in [5, 5.41) is 23.1. The Labute approximate surface area is 433 Å². The van der Waals surface area contributed by atoms with Crippen molar-refractivity contribution >= 4 is 43.6 Å². The predicted octanol–water partition coefficient (Wildman–Crippen LogP) is 16.8. The summed E-state index contributed by atoms with van der Waals surface area (Å²) >= 11 is 0. The molecule has 0 amide bonds. The fourth-order valence-corrected chi connectivity index (χ4v) is 10.5. The molecule has 358 valence electrons. The van der Waals surface area contributed by atoms with Crippen molar-refractivity contribution in [2.45, 2.75) is 6.18 Å². The number of fused-ring (bicyclic) bond motifs is 6. The average molecular weight is 986 g/mol. The van der Waals surface area contributed by atoms with Gasteiger partial charge in [0.05, 0.1) is 62.3 Å². The highest BCUT2D eigenvalue weighted by Gasteiger charge is 2.33. The van der Waals surface area contributed by atoms with E-state index < -0.39 is 11.7 Å². The standard InChI is InChI=1S/C66H38F3N7/c67-66(68,69)50-28-29-53(62(38-50)76-58-24-10-8-22-52(58)55-36-48(26-31-61(55)76)46-20-12-14-42(34-46)40-71)56-37-49(65-73-63(43-15-3-1-4-16-43)72-64(74-65)44-17-5-2-6-18-44)27-32-60(56)75-57-23-9-7-21-51(57)54-35-47(25-30-59(54)75)45-19-11-13-41(33-45)39-70/h1-38H. The van der Waals surface area contributed by atoms with Gasteiger partial charge in [-0.25, -0.2) is 15.0 Å². The molecule has 0 saturated carbocycles. The average Bonchev–Trinajstić information content (AvgIpc) is 4.00. The van der Waals surface area contributed by atoms with Crippen molar-refractivity contribution in [3.63, 3.8) is 0 Å². The van der Waals surface area contributed by atoms with Gasteiger partial charge in [0.1, 0.15) is 0 Å². The van der Waals surface area contributed by atoms with E-state index in [1.165, 1.54) is 6.07 Å². The van der Waals surface area contributed by atoms with E-state index in [1.807, 2.05) is 180 Å². The van der Waals surface area contributed by atoms with Crippen LogP contribution in [0.5, 0.6) is 0 Å². The molecular weight excluding hydrogens is 948 g/mol. The van der Waals surface area contributed by atoms with Crippen molar-refractivity contribution in [3.05, 3.63) is 247 Å². The molecule has 7 nitrogen and oxygen atoms in total. The lowest BCUT2D eigenvalue weighted by molar-refractivity contribution is -0.137. The molecule has 0 fully saturated rings. The molecule has 0 spiro atoms. The molecule has 0 unspecified atom stereocenters. The van der Waals surface area contributed by atoms with E-state index in [9.17, 15) is 10.5 Å². The first-order valence-electron chi connectivity index (χ1n) is 24.5. The minimum atomic E-state index is -4.68. The van der Waals surface area contributed by atoms with Crippen LogP contribution >= 0.6 is 0 Å². The molecule has 10 heteroatoms. The summed E-state index contributed by atoms with van der Waals surface area (Å²) in [5.74, 6) is 1.31. The van der Waals surface area contributed by atoms with Gasteiger partial charge in [0, 0.05) is 49.4 Å². The van der Waals surface area contributed by atoms with E-state index in [4.69, 9.17) is 15.0 Å². The zero-order chi connectivity index (χ0) is 51.5. The summed E-state index contributed by atoms with van der Waals surface area (Å²) in [6, 6.07) is 76.7. The van der Waals surface area contributed by atoms with E-state index in [0.717, 1.165) is 72.0 Å². The van der Waals surface area contributed by atoms with Crippen LogP contribution in [0, 0.1) is 22.7 Å². The summed E-state index contributed by atoms with van der Waals surface area (Å²) in [4.78, 5) is 15.2. The Balaban J connectivity index is 1.11. The van der Waals surface area contributed by atoms with Crippen LogP contribution in [0.4, 0.5) is 13.2 Å². The number of para-hydroxylation sites is 2. The maximum Gasteiger partial charge on any atom is 0.416 e. The van der Waals surface area contributed by atoms with Gasteiger partial charge in [-0.05, 0) is 113 Å². The molecule has 13 aromatic rings. The monoisotopic (exact) mass is 985 g/mol. The molecule has 10 aromatic carbocycles. The van der Waals surface area contributed by atoms with Gasteiger partial charge in [-0.1, -0.05) is 140 Å². The van der Waals surface area contributed by atoms with Gasteiger partial charge in [-0.15, -0.1) is 0 Å². The number of hydrogen-bond acceptors (Lipinski definition) is 5. The smallest absolute Gasteiger partial charge is 0.309 e. The normalized spacial score (nSPS) is 11.6. The van der Waals surface area contributed by atoms with Crippen molar-refractivity contribution in [1.82, 2.24) is 24.1 Å². The highest BCUT2D eigenvalue weighted by Crippen LogP contribution is 2.45. The maximum absolute atomic E-state index is 15.3. The van der Waals surface area contributed by atoms with Crippen LogP contribution in [0.2, 0.25) is 0 Å². The Morgan fingerprint density at radius 3 is 1.28 bits per heavy atom. The first-order valence-corrected chi connectivity index (χ1v) is 24.5. The molecule has 0 saturated heterocycles. The van der Waals surface area contributed by atoms with Gasteiger partial charge >= 0.3 is 6.18 Å². The summed E-state index contributed by atoms with van der Waals surface area (Å²) in [5.41, 5.74) is 11.3. The third kappa shape index (κ3) is 7.90. The van der Waals surface area contributed by atoms with Crippen molar-refractivity contribution in [2.24, 2.45) is 0 Å². The van der Waals surface area contributed by atoms with E-state index >= 15 is 13.2 Å². The van der Waals surface area contributed by atoms with Crippen LogP contribution in [0.1, 0.15) is 16.7 Å².